The van der Waals surface area contributed by atoms with Gasteiger partial charge in [0.1, 0.15) is 11.5 Å². The second kappa shape index (κ2) is 11.6. The molecule has 1 heterocycles. The van der Waals surface area contributed by atoms with Gasteiger partial charge in [0.2, 0.25) is 0 Å². The van der Waals surface area contributed by atoms with Crippen molar-refractivity contribution in [2.24, 2.45) is 0 Å². The molecule has 0 unspecified atom stereocenters. The summed E-state index contributed by atoms with van der Waals surface area (Å²) >= 11 is 7.57. The lowest BCUT2D eigenvalue weighted by molar-refractivity contribution is -0.113. The molecule has 4 rings (SSSR count). The third-order valence-corrected chi connectivity index (χ3v) is 6.55. The van der Waals surface area contributed by atoms with E-state index in [1.807, 2.05) is 67.6 Å². The van der Waals surface area contributed by atoms with Crippen LogP contribution in [0.5, 0.6) is 0 Å². The van der Waals surface area contributed by atoms with Crippen LogP contribution in [0.1, 0.15) is 27.2 Å². The summed E-state index contributed by atoms with van der Waals surface area (Å²) in [5.41, 5.74) is 3.14. The van der Waals surface area contributed by atoms with Crippen LogP contribution in [0, 0.1) is 6.92 Å². The lowest BCUT2D eigenvalue weighted by Gasteiger charge is -2.14. The molecule has 0 spiro atoms. The molecule has 0 aliphatic carbocycles. The van der Waals surface area contributed by atoms with Crippen molar-refractivity contribution in [3.05, 3.63) is 124 Å². The maximum Gasteiger partial charge on any atom is 0.272 e. The van der Waals surface area contributed by atoms with Crippen LogP contribution in [0.3, 0.4) is 0 Å². The fourth-order valence-electron chi connectivity index (χ4n) is 3.32. The molecule has 0 saturated heterocycles. The zero-order valence-corrected chi connectivity index (χ0v) is 20.5. The number of para-hydroxylation sites is 1. The average Bonchev–Trinajstić information content (AvgIpc) is 3.37. The molecule has 0 saturated carbocycles. The lowest BCUT2D eigenvalue weighted by Crippen LogP contribution is -2.31. The van der Waals surface area contributed by atoms with Gasteiger partial charge in [0.25, 0.3) is 11.8 Å². The number of hydrogen-bond acceptors (Lipinski definition) is 4. The molecule has 0 radical (unpaired) electrons. The van der Waals surface area contributed by atoms with Crippen molar-refractivity contribution in [2.75, 3.05) is 5.32 Å². The van der Waals surface area contributed by atoms with Gasteiger partial charge in [0.05, 0.1) is 12.0 Å². The molecule has 176 valence electrons. The molecule has 0 bridgehead atoms. The van der Waals surface area contributed by atoms with Gasteiger partial charge >= 0.3 is 0 Å². The minimum absolute atomic E-state index is 0.0747. The number of anilines is 1. The second-order valence-corrected chi connectivity index (χ2v) is 9.16. The van der Waals surface area contributed by atoms with E-state index in [0.717, 1.165) is 16.0 Å². The summed E-state index contributed by atoms with van der Waals surface area (Å²) in [6, 6.07) is 25.8. The monoisotopic (exact) mass is 502 g/mol. The van der Waals surface area contributed by atoms with Crippen LogP contribution >= 0.6 is 23.4 Å². The van der Waals surface area contributed by atoms with E-state index in [0.29, 0.717) is 27.8 Å². The predicted molar refractivity (Wildman–Crippen MR) is 141 cm³/mol. The van der Waals surface area contributed by atoms with E-state index >= 15 is 0 Å². The van der Waals surface area contributed by atoms with E-state index in [9.17, 15) is 9.59 Å². The maximum atomic E-state index is 13.3. The molecule has 0 aliphatic rings. The fourth-order valence-corrected chi connectivity index (χ4v) is 4.41. The second-order valence-electron chi connectivity index (χ2n) is 7.71. The van der Waals surface area contributed by atoms with E-state index in [-0.39, 0.29) is 11.6 Å². The number of amides is 2. The van der Waals surface area contributed by atoms with E-state index in [4.69, 9.17) is 16.0 Å². The zero-order chi connectivity index (χ0) is 24.6. The molecule has 2 N–H and O–H groups in total. The van der Waals surface area contributed by atoms with Gasteiger partial charge in [-0.25, -0.2) is 0 Å². The molecular weight excluding hydrogens is 480 g/mol. The Labute approximate surface area is 213 Å². The Morgan fingerprint density at radius 2 is 1.69 bits per heavy atom. The molecule has 3 aromatic carbocycles. The molecule has 7 heteroatoms. The molecule has 0 atom stereocenters. The number of carbonyl (C=O) groups excluding carboxylic acids is 2. The fraction of sp³-hybridized carbons (Fsp3) is 0.0714. The third kappa shape index (κ3) is 6.66. The van der Waals surface area contributed by atoms with Crippen LogP contribution in [0.4, 0.5) is 5.69 Å². The molecule has 1 aromatic heterocycles. The molecule has 0 aliphatic heterocycles. The summed E-state index contributed by atoms with van der Waals surface area (Å²) in [4.78, 5) is 27.1. The van der Waals surface area contributed by atoms with Crippen molar-refractivity contribution in [3.63, 3.8) is 0 Å². The Morgan fingerprint density at radius 1 is 0.943 bits per heavy atom. The Balaban J connectivity index is 1.54. The Morgan fingerprint density at radius 3 is 2.43 bits per heavy atom. The highest BCUT2D eigenvalue weighted by atomic mass is 35.5. The summed E-state index contributed by atoms with van der Waals surface area (Å²) in [6.45, 7) is 1.85. The summed E-state index contributed by atoms with van der Waals surface area (Å²) in [6.07, 6.45) is 3.02. The zero-order valence-electron chi connectivity index (χ0n) is 19.0. The summed E-state index contributed by atoms with van der Waals surface area (Å²) in [5, 5.41) is 6.37. The first kappa shape index (κ1) is 24.4. The van der Waals surface area contributed by atoms with Gasteiger partial charge in [-0.1, -0.05) is 54.1 Å². The number of halogens is 1. The van der Waals surface area contributed by atoms with E-state index < -0.39 is 5.91 Å². The number of hydrogen-bond donors (Lipinski definition) is 2. The predicted octanol–water partition coefficient (Wildman–Crippen LogP) is 6.94. The van der Waals surface area contributed by atoms with Crippen molar-refractivity contribution >= 4 is 46.9 Å². The largest absolute Gasteiger partial charge is 0.465 e. The third-order valence-electron chi connectivity index (χ3n) is 5.16. The topological polar surface area (TPSA) is 71.3 Å². The molecule has 35 heavy (non-hydrogen) atoms. The van der Waals surface area contributed by atoms with Gasteiger partial charge in [0, 0.05) is 27.3 Å². The maximum absolute atomic E-state index is 13.3. The number of aryl methyl sites for hydroxylation is 1. The highest BCUT2D eigenvalue weighted by Gasteiger charge is 2.18. The summed E-state index contributed by atoms with van der Waals surface area (Å²) in [5.74, 6) is 0.332. The highest BCUT2D eigenvalue weighted by Crippen LogP contribution is 2.30. The van der Waals surface area contributed by atoms with Crippen LogP contribution in [0.25, 0.3) is 6.08 Å². The highest BCUT2D eigenvalue weighted by molar-refractivity contribution is 7.98. The van der Waals surface area contributed by atoms with Crippen LogP contribution in [-0.4, -0.2) is 11.8 Å². The molecular formula is C28H23ClN2O3S. The van der Waals surface area contributed by atoms with E-state index in [1.54, 1.807) is 36.0 Å². The summed E-state index contributed by atoms with van der Waals surface area (Å²) < 4.78 is 5.37. The first-order valence-corrected chi connectivity index (χ1v) is 12.3. The number of furan rings is 1. The number of carbonyl (C=O) groups is 2. The standard InChI is InChI=1S/C28H23ClN2O3S/c1-19-7-2-3-9-23(19)27(32)31-25(17-22-8-6-16-34-22)28(33)30-24-10-4-5-11-26(24)35-18-20-12-14-21(29)15-13-20/h2-17H,18H2,1H3,(H,30,33)(H,31,32)/b25-17-. The minimum atomic E-state index is -0.456. The van der Waals surface area contributed by atoms with Crippen LogP contribution in [0.2, 0.25) is 5.02 Å². The number of benzene rings is 3. The quantitative estimate of drug-likeness (QED) is 0.202. The van der Waals surface area contributed by atoms with Gasteiger partial charge < -0.3 is 15.1 Å². The van der Waals surface area contributed by atoms with Gasteiger partial charge in [-0.3, -0.25) is 9.59 Å². The molecule has 5 nitrogen and oxygen atoms in total. The van der Waals surface area contributed by atoms with Crippen molar-refractivity contribution in [1.29, 1.82) is 0 Å². The normalized spacial score (nSPS) is 11.2. The average molecular weight is 503 g/mol. The van der Waals surface area contributed by atoms with Crippen molar-refractivity contribution in [3.8, 4) is 0 Å². The minimum Gasteiger partial charge on any atom is -0.465 e. The Kier molecular flexibility index (Phi) is 8.08. The first-order valence-electron chi connectivity index (χ1n) is 10.9. The molecule has 0 fully saturated rings. The van der Waals surface area contributed by atoms with Crippen LogP contribution < -0.4 is 10.6 Å². The smallest absolute Gasteiger partial charge is 0.272 e. The lowest BCUT2D eigenvalue weighted by atomic mass is 10.1. The molecule has 4 aromatic rings. The van der Waals surface area contributed by atoms with Crippen molar-refractivity contribution in [2.45, 2.75) is 17.6 Å². The van der Waals surface area contributed by atoms with Crippen LogP contribution in [0.15, 0.2) is 106 Å². The number of rotatable bonds is 8. The number of thioether (sulfide) groups is 1. The van der Waals surface area contributed by atoms with Crippen LogP contribution in [-0.2, 0) is 10.5 Å². The first-order chi connectivity index (χ1) is 17.0. The Hall–Kier alpha value is -3.74. The number of nitrogens with one attached hydrogen (secondary N) is 2. The summed E-state index contributed by atoms with van der Waals surface area (Å²) in [7, 11) is 0. The van der Waals surface area contributed by atoms with E-state index in [1.165, 1.54) is 12.3 Å². The SMILES string of the molecule is Cc1ccccc1C(=O)N/C(=C\c1ccco1)C(=O)Nc1ccccc1SCc1ccc(Cl)cc1. The van der Waals surface area contributed by atoms with Gasteiger partial charge in [-0.15, -0.1) is 11.8 Å². The van der Waals surface area contributed by atoms with Gasteiger partial charge in [-0.05, 0) is 60.5 Å². The molecule has 2 amide bonds. The van der Waals surface area contributed by atoms with Gasteiger partial charge in [-0.2, -0.15) is 0 Å². The van der Waals surface area contributed by atoms with Crippen molar-refractivity contribution < 1.29 is 14.0 Å². The Bertz CT molecular complexity index is 1350. The van der Waals surface area contributed by atoms with Gasteiger partial charge in [0.15, 0.2) is 0 Å². The van der Waals surface area contributed by atoms with Crippen molar-refractivity contribution in [1.82, 2.24) is 5.32 Å². The van der Waals surface area contributed by atoms with E-state index in [2.05, 4.69) is 10.6 Å².